The van der Waals surface area contributed by atoms with Crippen molar-refractivity contribution in [2.75, 3.05) is 19.7 Å². The van der Waals surface area contributed by atoms with Crippen LogP contribution in [0, 0.1) is 5.92 Å². The summed E-state index contributed by atoms with van der Waals surface area (Å²) in [6.07, 6.45) is 2.29. The molecule has 1 heterocycles. The zero-order chi connectivity index (χ0) is 13.0. The van der Waals surface area contributed by atoms with Crippen molar-refractivity contribution in [2.24, 2.45) is 11.7 Å². The molecule has 1 aliphatic rings. The van der Waals surface area contributed by atoms with Crippen molar-refractivity contribution < 1.29 is 9.53 Å². The maximum atomic E-state index is 11.1. The smallest absolute Gasteiger partial charge is 0.249 e. The lowest BCUT2D eigenvalue weighted by atomic mass is 10.1. The fourth-order valence-corrected chi connectivity index (χ4v) is 2.64. The first-order valence-corrected chi connectivity index (χ1v) is 6.89. The van der Waals surface area contributed by atoms with E-state index in [1.54, 1.807) is 18.2 Å². The minimum Gasteiger partial charge on any atom is -0.494 e. The summed E-state index contributed by atoms with van der Waals surface area (Å²) in [5, 5.41) is 3.34. The summed E-state index contributed by atoms with van der Waals surface area (Å²) >= 11 is 3.32. The fraction of sp³-hybridized carbons (Fsp3) is 0.462. The van der Waals surface area contributed by atoms with Gasteiger partial charge in [-0.25, -0.2) is 0 Å². The number of carbonyl (C=O) groups is 1. The third-order valence-electron chi connectivity index (χ3n) is 3.16. The monoisotopic (exact) mass is 312 g/mol. The summed E-state index contributed by atoms with van der Waals surface area (Å²) in [6, 6.07) is 5.24. The van der Waals surface area contributed by atoms with Crippen LogP contribution < -0.4 is 15.8 Å². The second-order valence-corrected chi connectivity index (χ2v) is 5.36. The number of nitrogens with two attached hydrogens (primary N) is 1. The van der Waals surface area contributed by atoms with Gasteiger partial charge in [-0.2, -0.15) is 0 Å². The van der Waals surface area contributed by atoms with Crippen LogP contribution in [0.15, 0.2) is 22.7 Å². The highest BCUT2D eigenvalue weighted by molar-refractivity contribution is 9.10. The first-order chi connectivity index (χ1) is 8.66. The topological polar surface area (TPSA) is 64.4 Å². The number of amides is 1. The predicted molar refractivity (Wildman–Crippen MR) is 73.7 cm³/mol. The van der Waals surface area contributed by atoms with E-state index in [0.29, 0.717) is 16.6 Å². The molecule has 0 saturated carbocycles. The van der Waals surface area contributed by atoms with Gasteiger partial charge >= 0.3 is 0 Å². The normalized spacial score (nSPS) is 18.8. The van der Waals surface area contributed by atoms with Crippen LogP contribution in [-0.4, -0.2) is 25.6 Å². The van der Waals surface area contributed by atoms with Gasteiger partial charge in [0.05, 0.1) is 12.2 Å². The van der Waals surface area contributed by atoms with E-state index < -0.39 is 5.91 Å². The molecule has 98 valence electrons. The number of ether oxygens (including phenoxy) is 1. The SMILES string of the molecule is NC(=O)c1ccc(OCCC2CCNC2)cc1Br. The molecule has 1 aliphatic heterocycles. The van der Waals surface area contributed by atoms with Crippen LogP contribution in [0.1, 0.15) is 23.2 Å². The summed E-state index contributed by atoms with van der Waals surface area (Å²) < 4.78 is 6.35. The van der Waals surface area contributed by atoms with Gasteiger partial charge in [0.2, 0.25) is 5.91 Å². The lowest BCUT2D eigenvalue weighted by molar-refractivity contribution is 0.0999. The van der Waals surface area contributed by atoms with Gasteiger partial charge in [-0.05, 0) is 66.0 Å². The standard InChI is InChI=1S/C13H17BrN2O2/c14-12-7-10(1-2-11(12)13(15)17)18-6-4-9-3-5-16-8-9/h1-2,7,9,16H,3-6,8H2,(H2,15,17). The molecule has 0 bridgehead atoms. The summed E-state index contributed by atoms with van der Waals surface area (Å²) in [6.45, 7) is 2.91. The molecule has 0 aromatic heterocycles. The lowest BCUT2D eigenvalue weighted by Gasteiger charge is -2.11. The van der Waals surface area contributed by atoms with Crippen molar-refractivity contribution >= 4 is 21.8 Å². The molecule has 4 nitrogen and oxygen atoms in total. The Kier molecular flexibility index (Phi) is 4.60. The van der Waals surface area contributed by atoms with Gasteiger partial charge in [0.1, 0.15) is 5.75 Å². The minimum atomic E-state index is -0.439. The molecule has 1 atom stereocenters. The zero-order valence-corrected chi connectivity index (χ0v) is 11.7. The predicted octanol–water partition coefficient (Wildman–Crippen LogP) is 1.93. The second kappa shape index (κ2) is 6.20. The third kappa shape index (κ3) is 3.46. The maximum Gasteiger partial charge on any atom is 0.249 e. The molecule has 18 heavy (non-hydrogen) atoms. The molecule has 1 fully saturated rings. The maximum absolute atomic E-state index is 11.1. The van der Waals surface area contributed by atoms with Crippen LogP contribution in [0.5, 0.6) is 5.75 Å². The van der Waals surface area contributed by atoms with Crippen molar-refractivity contribution in [1.82, 2.24) is 5.32 Å². The van der Waals surface area contributed by atoms with Gasteiger partial charge in [0, 0.05) is 4.47 Å². The number of primary amides is 1. The molecule has 0 radical (unpaired) electrons. The van der Waals surface area contributed by atoms with E-state index >= 15 is 0 Å². The van der Waals surface area contributed by atoms with Crippen molar-refractivity contribution in [3.05, 3.63) is 28.2 Å². The Morgan fingerprint density at radius 3 is 3.00 bits per heavy atom. The molecule has 1 unspecified atom stereocenters. The van der Waals surface area contributed by atoms with Crippen LogP contribution in [0.25, 0.3) is 0 Å². The van der Waals surface area contributed by atoms with Crippen molar-refractivity contribution in [3.8, 4) is 5.75 Å². The highest BCUT2D eigenvalue weighted by atomic mass is 79.9. The summed E-state index contributed by atoms with van der Waals surface area (Å²) in [5.41, 5.74) is 5.71. The largest absolute Gasteiger partial charge is 0.494 e. The molecule has 3 N–H and O–H groups in total. The molecular weight excluding hydrogens is 296 g/mol. The number of halogens is 1. The Labute approximate surface area is 115 Å². The number of hydrogen-bond acceptors (Lipinski definition) is 3. The molecule has 1 aromatic carbocycles. The number of rotatable bonds is 5. The van der Waals surface area contributed by atoms with E-state index in [0.717, 1.165) is 31.2 Å². The third-order valence-corrected chi connectivity index (χ3v) is 3.82. The fourth-order valence-electron chi connectivity index (χ4n) is 2.09. The second-order valence-electron chi connectivity index (χ2n) is 4.50. The Balaban J connectivity index is 1.85. The summed E-state index contributed by atoms with van der Waals surface area (Å²) in [5.74, 6) is 1.04. The average molecular weight is 313 g/mol. The zero-order valence-electron chi connectivity index (χ0n) is 10.1. The Morgan fingerprint density at radius 2 is 2.39 bits per heavy atom. The van der Waals surface area contributed by atoms with Gasteiger partial charge in [0.25, 0.3) is 0 Å². The van der Waals surface area contributed by atoms with Crippen LogP contribution in [0.4, 0.5) is 0 Å². The van der Waals surface area contributed by atoms with Gasteiger partial charge < -0.3 is 15.8 Å². The highest BCUT2D eigenvalue weighted by Gasteiger charge is 2.14. The van der Waals surface area contributed by atoms with Crippen molar-refractivity contribution in [3.63, 3.8) is 0 Å². The van der Waals surface area contributed by atoms with E-state index in [2.05, 4.69) is 21.2 Å². The molecule has 1 aromatic rings. The number of carbonyl (C=O) groups excluding carboxylic acids is 1. The number of hydrogen-bond donors (Lipinski definition) is 2. The molecule has 0 spiro atoms. The van der Waals surface area contributed by atoms with Crippen LogP contribution >= 0.6 is 15.9 Å². The van der Waals surface area contributed by atoms with E-state index in [1.807, 2.05) is 0 Å². The van der Waals surface area contributed by atoms with Gasteiger partial charge in [0.15, 0.2) is 0 Å². The van der Waals surface area contributed by atoms with E-state index in [4.69, 9.17) is 10.5 Å². The summed E-state index contributed by atoms with van der Waals surface area (Å²) in [4.78, 5) is 11.1. The number of nitrogens with one attached hydrogen (secondary N) is 1. The molecule has 2 rings (SSSR count). The molecule has 0 aliphatic carbocycles. The Bertz CT molecular complexity index is 431. The lowest BCUT2D eigenvalue weighted by Crippen LogP contribution is -2.12. The van der Waals surface area contributed by atoms with Gasteiger partial charge in [-0.1, -0.05) is 0 Å². The minimum absolute atomic E-state index is 0.439. The van der Waals surface area contributed by atoms with Crippen LogP contribution in [-0.2, 0) is 0 Å². The number of benzene rings is 1. The molecular formula is C13H17BrN2O2. The first-order valence-electron chi connectivity index (χ1n) is 6.09. The summed E-state index contributed by atoms with van der Waals surface area (Å²) in [7, 11) is 0. The van der Waals surface area contributed by atoms with Crippen molar-refractivity contribution in [1.29, 1.82) is 0 Å². The molecule has 1 amide bonds. The van der Waals surface area contributed by atoms with E-state index in [1.165, 1.54) is 6.42 Å². The Morgan fingerprint density at radius 1 is 1.56 bits per heavy atom. The average Bonchev–Trinajstić information content (AvgIpc) is 2.81. The molecule has 5 heteroatoms. The molecule has 1 saturated heterocycles. The first kappa shape index (κ1) is 13.4. The van der Waals surface area contributed by atoms with Crippen molar-refractivity contribution in [2.45, 2.75) is 12.8 Å². The van der Waals surface area contributed by atoms with Crippen LogP contribution in [0.2, 0.25) is 0 Å². The van der Waals surface area contributed by atoms with E-state index in [-0.39, 0.29) is 0 Å². The highest BCUT2D eigenvalue weighted by Crippen LogP contribution is 2.23. The van der Waals surface area contributed by atoms with Gasteiger partial charge in [-0.15, -0.1) is 0 Å². The van der Waals surface area contributed by atoms with E-state index in [9.17, 15) is 4.79 Å². The Hall–Kier alpha value is -1.07. The quantitative estimate of drug-likeness (QED) is 0.873. The van der Waals surface area contributed by atoms with Crippen LogP contribution in [0.3, 0.4) is 0 Å². The van der Waals surface area contributed by atoms with Gasteiger partial charge in [-0.3, -0.25) is 4.79 Å².